The number of hydrogen-bond donors (Lipinski definition) is 1. The molecule has 0 fully saturated rings. The lowest BCUT2D eigenvalue weighted by atomic mass is 10.2. The van der Waals surface area contributed by atoms with E-state index in [9.17, 15) is 0 Å². The second-order valence-electron chi connectivity index (χ2n) is 4.36. The average Bonchev–Trinajstić information content (AvgIpc) is 2.92. The molecule has 0 saturated heterocycles. The lowest BCUT2D eigenvalue weighted by Crippen LogP contribution is -1.94. The fourth-order valence-corrected chi connectivity index (χ4v) is 2.93. The van der Waals surface area contributed by atoms with Gasteiger partial charge in [0.2, 0.25) is 0 Å². The van der Waals surface area contributed by atoms with Crippen LogP contribution < -0.4 is 10.1 Å². The Labute approximate surface area is 133 Å². The molecule has 6 heteroatoms. The normalized spacial score (nSPS) is 10.2. The summed E-state index contributed by atoms with van der Waals surface area (Å²) in [6, 6.07) is 9.95. The topological polar surface area (TPSA) is 47.0 Å². The van der Waals surface area contributed by atoms with E-state index in [1.54, 1.807) is 24.8 Å². The molecule has 0 aliphatic carbocycles. The van der Waals surface area contributed by atoms with E-state index in [0.717, 1.165) is 33.9 Å². The largest absolute Gasteiger partial charge is 0.497 e. The minimum Gasteiger partial charge on any atom is -0.497 e. The zero-order valence-corrected chi connectivity index (χ0v) is 13.4. The lowest BCUT2D eigenvalue weighted by Gasteiger charge is -2.07. The molecule has 2 aromatic heterocycles. The molecule has 3 rings (SSSR count). The highest BCUT2D eigenvalue weighted by Gasteiger charge is 2.08. The maximum atomic E-state index is 5.16. The van der Waals surface area contributed by atoms with Crippen LogP contribution in [0.3, 0.4) is 0 Å². The van der Waals surface area contributed by atoms with Crippen molar-refractivity contribution in [3.63, 3.8) is 0 Å². The number of benzene rings is 1. The van der Waals surface area contributed by atoms with Crippen LogP contribution >= 0.6 is 23.7 Å². The highest BCUT2D eigenvalue weighted by molar-refractivity contribution is 7.18. The summed E-state index contributed by atoms with van der Waals surface area (Å²) in [4.78, 5) is 11.0. The SMILES string of the molecule is CCc1cc2c(Nc3ccc(OC)cc3)ncnc2s1.Cl. The minimum atomic E-state index is 0. The number of fused-ring (bicyclic) bond motifs is 1. The van der Waals surface area contributed by atoms with Crippen LogP contribution in [0.4, 0.5) is 11.5 Å². The van der Waals surface area contributed by atoms with E-state index in [0.29, 0.717) is 0 Å². The number of aromatic nitrogens is 2. The van der Waals surface area contributed by atoms with E-state index in [2.05, 4.69) is 28.3 Å². The maximum absolute atomic E-state index is 5.16. The number of halogens is 1. The third-order valence-corrected chi connectivity index (χ3v) is 4.27. The van der Waals surface area contributed by atoms with Crippen molar-refractivity contribution >= 4 is 45.5 Å². The van der Waals surface area contributed by atoms with Crippen molar-refractivity contribution in [1.82, 2.24) is 9.97 Å². The molecule has 0 amide bonds. The molecule has 2 heterocycles. The van der Waals surface area contributed by atoms with Crippen LogP contribution in [0.5, 0.6) is 5.75 Å². The molecule has 3 aromatic rings. The molecule has 21 heavy (non-hydrogen) atoms. The minimum absolute atomic E-state index is 0. The summed E-state index contributed by atoms with van der Waals surface area (Å²) in [5.74, 6) is 1.68. The van der Waals surface area contributed by atoms with Crippen LogP contribution in [0.1, 0.15) is 11.8 Å². The Hall–Kier alpha value is -1.85. The molecule has 4 nitrogen and oxygen atoms in total. The number of methoxy groups -OCH3 is 1. The van der Waals surface area contributed by atoms with E-state index >= 15 is 0 Å². The maximum Gasteiger partial charge on any atom is 0.142 e. The van der Waals surface area contributed by atoms with Crippen LogP contribution in [0.2, 0.25) is 0 Å². The summed E-state index contributed by atoms with van der Waals surface area (Å²) in [7, 11) is 1.66. The summed E-state index contributed by atoms with van der Waals surface area (Å²) in [5, 5.41) is 4.41. The van der Waals surface area contributed by atoms with Gasteiger partial charge in [0.1, 0.15) is 22.7 Å². The Kier molecular flexibility index (Phi) is 4.98. The Morgan fingerprint density at radius 1 is 1.19 bits per heavy atom. The van der Waals surface area contributed by atoms with Gasteiger partial charge in [0.15, 0.2) is 0 Å². The monoisotopic (exact) mass is 321 g/mol. The van der Waals surface area contributed by atoms with Gasteiger partial charge in [-0.3, -0.25) is 0 Å². The van der Waals surface area contributed by atoms with Gasteiger partial charge in [0.05, 0.1) is 12.5 Å². The molecule has 110 valence electrons. The first kappa shape index (κ1) is 15.5. The van der Waals surface area contributed by atoms with Crippen LogP contribution in [0.25, 0.3) is 10.2 Å². The summed E-state index contributed by atoms with van der Waals surface area (Å²) < 4.78 is 5.16. The average molecular weight is 322 g/mol. The van der Waals surface area contributed by atoms with Gasteiger partial charge in [-0.15, -0.1) is 23.7 Å². The second-order valence-corrected chi connectivity index (χ2v) is 5.48. The fourth-order valence-electron chi connectivity index (χ4n) is 1.99. The van der Waals surface area contributed by atoms with Crippen LogP contribution in [-0.2, 0) is 6.42 Å². The Bertz CT molecular complexity index is 727. The van der Waals surface area contributed by atoms with Crippen molar-refractivity contribution in [2.45, 2.75) is 13.3 Å². The third-order valence-electron chi connectivity index (χ3n) is 3.08. The zero-order chi connectivity index (χ0) is 13.9. The molecular weight excluding hydrogens is 306 g/mol. The number of nitrogens with zero attached hydrogens (tertiary/aromatic N) is 2. The number of anilines is 2. The zero-order valence-electron chi connectivity index (χ0n) is 11.8. The van der Waals surface area contributed by atoms with Crippen LogP contribution in [-0.4, -0.2) is 17.1 Å². The first-order valence-corrected chi connectivity index (χ1v) is 7.26. The van der Waals surface area contributed by atoms with E-state index in [4.69, 9.17) is 4.74 Å². The molecule has 0 spiro atoms. The quantitative estimate of drug-likeness (QED) is 0.772. The highest BCUT2D eigenvalue weighted by atomic mass is 35.5. The van der Waals surface area contributed by atoms with Gasteiger partial charge in [0, 0.05) is 10.6 Å². The molecule has 0 saturated carbocycles. The van der Waals surface area contributed by atoms with Gasteiger partial charge in [-0.05, 0) is 36.8 Å². The van der Waals surface area contributed by atoms with Crippen molar-refractivity contribution in [2.75, 3.05) is 12.4 Å². The smallest absolute Gasteiger partial charge is 0.142 e. The lowest BCUT2D eigenvalue weighted by molar-refractivity contribution is 0.415. The number of rotatable bonds is 4. The standard InChI is InChI=1S/C15H15N3OS.ClH/c1-3-12-8-13-14(16-9-17-15(13)20-12)18-10-4-6-11(19-2)7-5-10;/h4-9H,3H2,1-2H3,(H,16,17,18);1H. The number of ether oxygens (including phenoxy) is 1. The Morgan fingerprint density at radius 3 is 2.62 bits per heavy atom. The molecule has 1 aromatic carbocycles. The van der Waals surface area contributed by atoms with E-state index in [1.807, 2.05) is 24.3 Å². The summed E-state index contributed by atoms with van der Waals surface area (Å²) in [5.41, 5.74) is 0.982. The van der Waals surface area contributed by atoms with Gasteiger partial charge >= 0.3 is 0 Å². The summed E-state index contributed by atoms with van der Waals surface area (Å²) in [6.45, 7) is 2.15. The van der Waals surface area contributed by atoms with Crippen molar-refractivity contribution in [2.24, 2.45) is 0 Å². The van der Waals surface area contributed by atoms with Gasteiger partial charge in [-0.25, -0.2) is 9.97 Å². The van der Waals surface area contributed by atoms with Gasteiger partial charge in [0.25, 0.3) is 0 Å². The van der Waals surface area contributed by atoms with Crippen LogP contribution in [0, 0.1) is 0 Å². The van der Waals surface area contributed by atoms with Gasteiger partial charge in [-0.1, -0.05) is 6.92 Å². The highest BCUT2D eigenvalue weighted by Crippen LogP contribution is 2.30. The van der Waals surface area contributed by atoms with Crippen molar-refractivity contribution in [3.8, 4) is 5.75 Å². The predicted octanol–water partition coefficient (Wildman–Crippen LogP) is 4.43. The molecule has 0 unspecified atom stereocenters. The predicted molar refractivity (Wildman–Crippen MR) is 90.3 cm³/mol. The molecule has 0 radical (unpaired) electrons. The van der Waals surface area contributed by atoms with Crippen molar-refractivity contribution in [1.29, 1.82) is 0 Å². The number of hydrogen-bond acceptors (Lipinski definition) is 5. The number of aryl methyl sites for hydroxylation is 1. The first-order chi connectivity index (χ1) is 9.80. The Balaban J connectivity index is 0.00000161. The van der Waals surface area contributed by atoms with E-state index in [1.165, 1.54) is 4.88 Å². The molecule has 0 bridgehead atoms. The molecule has 0 aliphatic heterocycles. The molecule has 0 aliphatic rings. The summed E-state index contributed by atoms with van der Waals surface area (Å²) in [6.07, 6.45) is 2.62. The van der Waals surface area contributed by atoms with E-state index < -0.39 is 0 Å². The van der Waals surface area contributed by atoms with Gasteiger partial charge < -0.3 is 10.1 Å². The summed E-state index contributed by atoms with van der Waals surface area (Å²) >= 11 is 1.72. The van der Waals surface area contributed by atoms with Gasteiger partial charge in [-0.2, -0.15) is 0 Å². The number of nitrogens with one attached hydrogen (secondary N) is 1. The van der Waals surface area contributed by atoms with E-state index in [-0.39, 0.29) is 12.4 Å². The molecule has 0 atom stereocenters. The first-order valence-electron chi connectivity index (χ1n) is 6.44. The molecule has 1 N–H and O–H groups in total. The Morgan fingerprint density at radius 2 is 1.95 bits per heavy atom. The second kappa shape index (κ2) is 6.74. The van der Waals surface area contributed by atoms with Crippen molar-refractivity contribution in [3.05, 3.63) is 41.5 Å². The van der Waals surface area contributed by atoms with Crippen molar-refractivity contribution < 1.29 is 4.74 Å². The molecular formula is C15H16ClN3OS. The third kappa shape index (κ3) is 3.25. The fraction of sp³-hybridized carbons (Fsp3) is 0.200. The van der Waals surface area contributed by atoms with Crippen LogP contribution in [0.15, 0.2) is 36.7 Å². The number of thiophene rings is 1.